The number of nitrogens with zero attached hydrogens (tertiary/aromatic N) is 3. The van der Waals surface area contributed by atoms with Gasteiger partial charge in [0, 0.05) is 37.8 Å². The maximum absolute atomic E-state index is 12.8. The van der Waals surface area contributed by atoms with Crippen molar-refractivity contribution in [1.29, 1.82) is 0 Å². The highest BCUT2D eigenvalue weighted by molar-refractivity contribution is 5.92. The number of hydrogen-bond donors (Lipinski definition) is 1. The number of amides is 2. The normalized spacial score (nSPS) is 21.5. The first kappa shape index (κ1) is 17.1. The highest BCUT2D eigenvalue weighted by Gasteiger charge is 2.34. The molecule has 8 nitrogen and oxygen atoms in total. The fourth-order valence-corrected chi connectivity index (χ4v) is 3.69. The lowest BCUT2D eigenvalue weighted by molar-refractivity contribution is -0.142. The second kappa shape index (κ2) is 6.85. The molecule has 1 aliphatic carbocycles. The summed E-state index contributed by atoms with van der Waals surface area (Å²) in [5.74, 6) is 1.60. The fraction of sp³-hybridized carbons (Fsp3) is 0.450. The zero-order chi connectivity index (χ0) is 19.1. The van der Waals surface area contributed by atoms with Crippen LogP contribution in [0.1, 0.15) is 34.9 Å². The predicted molar refractivity (Wildman–Crippen MR) is 99.4 cm³/mol. The van der Waals surface area contributed by atoms with Crippen molar-refractivity contribution in [3.8, 4) is 11.5 Å². The number of ether oxygens (including phenoxy) is 2. The number of hydrogen-bond acceptors (Lipinski definition) is 5. The van der Waals surface area contributed by atoms with Crippen molar-refractivity contribution in [3.05, 3.63) is 41.7 Å². The van der Waals surface area contributed by atoms with E-state index in [4.69, 9.17) is 9.47 Å². The molecule has 0 unspecified atom stereocenters. The van der Waals surface area contributed by atoms with Crippen molar-refractivity contribution in [3.63, 3.8) is 0 Å². The minimum atomic E-state index is -0.649. The molecule has 1 atom stereocenters. The molecule has 28 heavy (non-hydrogen) atoms. The summed E-state index contributed by atoms with van der Waals surface area (Å²) in [5.41, 5.74) is 1.51. The van der Waals surface area contributed by atoms with Crippen LogP contribution in [-0.2, 0) is 4.79 Å². The quantitative estimate of drug-likeness (QED) is 0.867. The van der Waals surface area contributed by atoms with Gasteiger partial charge in [0.1, 0.15) is 12.3 Å². The van der Waals surface area contributed by atoms with Crippen LogP contribution in [-0.4, -0.2) is 70.7 Å². The van der Waals surface area contributed by atoms with E-state index in [0.29, 0.717) is 49.3 Å². The van der Waals surface area contributed by atoms with E-state index >= 15 is 0 Å². The van der Waals surface area contributed by atoms with Crippen molar-refractivity contribution in [1.82, 2.24) is 20.0 Å². The molecule has 2 aliphatic heterocycles. The summed E-state index contributed by atoms with van der Waals surface area (Å²) in [4.78, 5) is 29.0. The van der Waals surface area contributed by atoms with Crippen molar-refractivity contribution >= 4 is 11.8 Å². The lowest BCUT2D eigenvalue weighted by Gasteiger charge is -2.36. The third-order valence-corrected chi connectivity index (χ3v) is 5.50. The molecule has 2 aromatic rings. The van der Waals surface area contributed by atoms with Gasteiger partial charge in [-0.25, -0.2) is 0 Å². The average Bonchev–Trinajstić information content (AvgIpc) is 3.49. The van der Waals surface area contributed by atoms with Gasteiger partial charge in [0.2, 0.25) is 6.10 Å². The third-order valence-electron chi connectivity index (χ3n) is 5.50. The van der Waals surface area contributed by atoms with Gasteiger partial charge in [0.05, 0.1) is 0 Å². The first-order valence-electron chi connectivity index (χ1n) is 9.71. The van der Waals surface area contributed by atoms with Crippen LogP contribution >= 0.6 is 0 Å². The monoisotopic (exact) mass is 382 g/mol. The summed E-state index contributed by atoms with van der Waals surface area (Å²) >= 11 is 0. The number of aromatic amines is 1. The van der Waals surface area contributed by atoms with Gasteiger partial charge in [0.25, 0.3) is 11.8 Å². The summed E-state index contributed by atoms with van der Waals surface area (Å²) in [6.45, 7) is 2.13. The van der Waals surface area contributed by atoms with Gasteiger partial charge in [0.15, 0.2) is 11.5 Å². The predicted octanol–water partition coefficient (Wildman–Crippen LogP) is 1.41. The fourth-order valence-electron chi connectivity index (χ4n) is 3.69. The van der Waals surface area contributed by atoms with E-state index in [0.717, 1.165) is 18.5 Å². The van der Waals surface area contributed by atoms with E-state index in [-0.39, 0.29) is 18.4 Å². The first-order valence-corrected chi connectivity index (χ1v) is 9.71. The van der Waals surface area contributed by atoms with Crippen molar-refractivity contribution in [2.24, 2.45) is 0 Å². The highest BCUT2D eigenvalue weighted by Crippen LogP contribution is 2.39. The SMILES string of the molecule is O=C(c1cc(C2CC2)[nH]n1)N1CCN(C(=O)[C@@H]2COc3ccccc3O2)CC1. The van der Waals surface area contributed by atoms with Crippen molar-refractivity contribution in [2.45, 2.75) is 24.9 Å². The Hall–Kier alpha value is -3.03. The van der Waals surface area contributed by atoms with Crippen molar-refractivity contribution in [2.75, 3.05) is 32.8 Å². The van der Waals surface area contributed by atoms with Crippen LogP contribution in [0.4, 0.5) is 0 Å². The van der Waals surface area contributed by atoms with E-state index in [2.05, 4.69) is 10.2 Å². The Bertz CT molecular complexity index is 899. The molecule has 1 saturated carbocycles. The molecule has 146 valence electrons. The number of benzene rings is 1. The average molecular weight is 382 g/mol. The molecule has 2 amide bonds. The van der Waals surface area contributed by atoms with Gasteiger partial charge in [-0.15, -0.1) is 0 Å². The topological polar surface area (TPSA) is 87.8 Å². The molecule has 1 aromatic carbocycles. The number of rotatable bonds is 3. The van der Waals surface area contributed by atoms with Gasteiger partial charge in [-0.2, -0.15) is 5.10 Å². The molecule has 3 aliphatic rings. The Morgan fingerprint density at radius 1 is 1.04 bits per heavy atom. The lowest BCUT2D eigenvalue weighted by Crippen LogP contribution is -2.55. The Morgan fingerprint density at radius 3 is 2.50 bits per heavy atom. The Morgan fingerprint density at radius 2 is 1.75 bits per heavy atom. The number of aromatic nitrogens is 2. The number of carbonyl (C=O) groups excluding carboxylic acids is 2. The molecule has 1 N–H and O–H groups in total. The molecular weight excluding hydrogens is 360 g/mol. The largest absolute Gasteiger partial charge is 0.485 e. The van der Waals surface area contributed by atoms with Gasteiger partial charge < -0.3 is 19.3 Å². The number of para-hydroxylation sites is 2. The van der Waals surface area contributed by atoms with Crippen LogP contribution in [0, 0.1) is 0 Å². The molecule has 3 heterocycles. The zero-order valence-electron chi connectivity index (χ0n) is 15.5. The second-order valence-corrected chi connectivity index (χ2v) is 7.46. The number of piperazine rings is 1. The summed E-state index contributed by atoms with van der Waals surface area (Å²) < 4.78 is 11.5. The summed E-state index contributed by atoms with van der Waals surface area (Å²) in [7, 11) is 0. The second-order valence-electron chi connectivity index (χ2n) is 7.46. The van der Waals surface area contributed by atoms with Crippen LogP contribution in [0.25, 0.3) is 0 Å². The molecular formula is C20H22N4O4. The molecule has 0 spiro atoms. The number of H-pyrrole nitrogens is 1. The molecule has 0 bridgehead atoms. The molecule has 1 saturated heterocycles. The third kappa shape index (κ3) is 3.19. The van der Waals surface area contributed by atoms with Crippen molar-refractivity contribution < 1.29 is 19.1 Å². The Balaban J connectivity index is 1.17. The molecule has 0 radical (unpaired) electrons. The highest BCUT2D eigenvalue weighted by atomic mass is 16.6. The van der Waals surface area contributed by atoms with E-state index in [9.17, 15) is 9.59 Å². The van der Waals surface area contributed by atoms with Gasteiger partial charge >= 0.3 is 0 Å². The number of nitrogens with one attached hydrogen (secondary N) is 1. The maximum atomic E-state index is 12.8. The van der Waals surface area contributed by atoms with Crippen LogP contribution < -0.4 is 9.47 Å². The van der Waals surface area contributed by atoms with Gasteiger partial charge in [-0.05, 0) is 31.0 Å². The van der Waals surface area contributed by atoms with E-state index in [1.54, 1.807) is 15.9 Å². The standard InChI is InChI=1S/C20H22N4O4/c25-19(15-11-14(21-22-15)13-5-6-13)23-7-9-24(10-8-23)20(26)18-12-27-16-3-1-2-4-17(16)28-18/h1-4,11,13,18H,5-10,12H2,(H,21,22)/t18-/m0/s1. The Kier molecular flexibility index (Phi) is 4.18. The minimum absolute atomic E-state index is 0.0820. The van der Waals surface area contributed by atoms with Gasteiger partial charge in [-0.1, -0.05) is 12.1 Å². The maximum Gasteiger partial charge on any atom is 0.274 e. The van der Waals surface area contributed by atoms with Crippen LogP contribution in [0.15, 0.2) is 30.3 Å². The summed E-state index contributed by atoms with van der Waals surface area (Å²) in [5, 5.41) is 7.14. The summed E-state index contributed by atoms with van der Waals surface area (Å²) in [6.07, 6.45) is 1.67. The number of carbonyl (C=O) groups is 2. The molecule has 1 aromatic heterocycles. The van der Waals surface area contributed by atoms with Gasteiger partial charge in [-0.3, -0.25) is 14.7 Å². The van der Waals surface area contributed by atoms with Crippen LogP contribution in [0.3, 0.4) is 0 Å². The zero-order valence-corrected chi connectivity index (χ0v) is 15.5. The first-order chi connectivity index (χ1) is 13.7. The minimum Gasteiger partial charge on any atom is -0.485 e. The van der Waals surface area contributed by atoms with Crippen LogP contribution in [0.2, 0.25) is 0 Å². The molecule has 5 rings (SSSR count). The Labute approximate surface area is 162 Å². The smallest absolute Gasteiger partial charge is 0.274 e. The van der Waals surface area contributed by atoms with E-state index in [1.807, 2.05) is 24.3 Å². The molecule has 8 heteroatoms. The lowest BCUT2D eigenvalue weighted by atomic mass is 10.2. The van der Waals surface area contributed by atoms with E-state index in [1.165, 1.54) is 0 Å². The van der Waals surface area contributed by atoms with E-state index < -0.39 is 6.10 Å². The molecule has 2 fully saturated rings. The van der Waals surface area contributed by atoms with Crippen LogP contribution in [0.5, 0.6) is 11.5 Å². The summed E-state index contributed by atoms with van der Waals surface area (Å²) in [6, 6.07) is 9.20. The number of fused-ring (bicyclic) bond motifs is 1.